The molecule has 1 fully saturated rings. The van der Waals surface area contributed by atoms with Gasteiger partial charge in [-0.2, -0.15) is 0 Å². The van der Waals surface area contributed by atoms with E-state index in [1.807, 2.05) is 0 Å². The van der Waals surface area contributed by atoms with Crippen LogP contribution in [0.15, 0.2) is 42.5 Å². The van der Waals surface area contributed by atoms with Gasteiger partial charge in [0.1, 0.15) is 17.4 Å². The number of hydrogen-bond acceptors (Lipinski definition) is 3. The molecular formula is C19H18F2N2O3. The molecule has 1 N–H and O–H groups in total. The van der Waals surface area contributed by atoms with Gasteiger partial charge in [0.25, 0.3) is 11.8 Å². The van der Waals surface area contributed by atoms with Crippen molar-refractivity contribution < 1.29 is 23.1 Å². The highest BCUT2D eigenvalue weighted by Gasteiger charge is 2.18. The molecule has 1 aliphatic heterocycles. The highest BCUT2D eigenvalue weighted by Crippen LogP contribution is 2.19. The number of hydrogen-bond donors (Lipinski definition) is 1. The third-order valence-corrected chi connectivity index (χ3v) is 4.09. The Hall–Kier alpha value is -2.96. The number of rotatable bonds is 5. The number of halogens is 2. The summed E-state index contributed by atoms with van der Waals surface area (Å²) in [5, 5.41) is 2.52. The summed E-state index contributed by atoms with van der Waals surface area (Å²) in [4.78, 5) is 25.9. The molecule has 0 aliphatic carbocycles. The van der Waals surface area contributed by atoms with Crippen molar-refractivity contribution in [3.05, 3.63) is 59.7 Å². The molecule has 1 saturated heterocycles. The molecular weight excluding hydrogens is 342 g/mol. The van der Waals surface area contributed by atoms with Crippen LogP contribution in [0.5, 0.6) is 5.75 Å². The number of carbonyl (C=O) groups excluding carboxylic acids is 2. The van der Waals surface area contributed by atoms with E-state index in [9.17, 15) is 18.4 Å². The van der Waals surface area contributed by atoms with Gasteiger partial charge in [-0.3, -0.25) is 9.59 Å². The molecule has 5 nitrogen and oxygen atoms in total. The average molecular weight is 360 g/mol. The summed E-state index contributed by atoms with van der Waals surface area (Å²) >= 11 is 0. The second-order valence-electron chi connectivity index (χ2n) is 5.98. The summed E-state index contributed by atoms with van der Waals surface area (Å²) in [5.41, 5.74) is 0.117. The van der Waals surface area contributed by atoms with E-state index in [0.717, 1.165) is 38.1 Å². The molecule has 0 unspecified atom stereocenters. The van der Waals surface area contributed by atoms with E-state index < -0.39 is 17.5 Å². The Morgan fingerprint density at radius 3 is 2.58 bits per heavy atom. The van der Waals surface area contributed by atoms with E-state index in [1.54, 1.807) is 23.1 Å². The van der Waals surface area contributed by atoms with Gasteiger partial charge in [-0.05, 0) is 37.1 Å². The second-order valence-corrected chi connectivity index (χ2v) is 5.98. The minimum Gasteiger partial charge on any atom is -0.484 e. The summed E-state index contributed by atoms with van der Waals surface area (Å²) < 4.78 is 32.1. The van der Waals surface area contributed by atoms with Crippen LogP contribution in [0.25, 0.3) is 0 Å². The van der Waals surface area contributed by atoms with E-state index >= 15 is 0 Å². The van der Waals surface area contributed by atoms with Crippen molar-refractivity contribution in [2.45, 2.75) is 12.8 Å². The normalized spacial score (nSPS) is 13.5. The van der Waals surface area contributed by atoms with E-state index in [1.165, 1.54) is 6.07 Å². The van der Waals surface area contributed by atoms with Crippen LogP contribution in [0, 0.1) is 11.6 Å². The number of likely N-dealkylation sites (tertiary alicyclic amines) is 1. The third kappa shape index (κ3) is 4.36. The first-order valence-electron chi connectivity index (χ1n) is 8.30. The van der Waals surface area contributed by atoms with Crippen LogP contribution in [0.3, 0.4) is 0 Å². The molecule has 0 radical (unpaired) electrons. The molecule has 2 aromatic rings. The molecule has 0 saturated carbocycles. The van der Waals surface area contributed by atoms with Gasteiger partial charge in [0.2, 0.25) is 0 Å². The first kappa shape index (κ1) is 17.8. The van der Waals surface area contributed by atoms with Crippen molar-refractivity contribution in [1.82, 2.24) is 4.90 Å². The fourth-order valence-corrected chi connectivity index (χ4v) is 2.74. The monoisotopic (exact) mass is 360 g/mol. The lowest BCUT2D eigenvalue weighted by molar-refractivity contribution is -0.132. The Bertz CT molecular complexity index is 820. The lowest BCUT2D eigenvalue weighted by atomic mass is 10.2. The van der Waals surface area contributed by atoms with Crippen LogP contribution in [0.4, 0.5) is 14.5 Å². The molecule has 3 rings (SSSR count). The molecule has 1 heterocycles. The molecule has 0 bridgehead atoms. The van der Waals surface area contributed by atoms with Crippen LogP contribution in [0.1, 0.15) is 23.2 Å². The van der Waals surface area contributed by atoms with Gasteiger partial charge >= 0.3 is 0 Å². The Kier molecular flexibility index (Phi) is 5.46. The van der Waals surface area contributed by atoms with Crippen LogP contribution in [-0.2, 0) is 4.79 Å². The largest absolute Gasteiger partial charge is 0.484 e. The van der Waals surface area contributed by atoms with Gasteiger partial charge in [0.15, 0.2) is 6.61 Å². The van der Waals surface area contributed by atoms with Gasteiger partial charge in [-0.15, -0.1) is 0 Å². The van der Waals surface area contributed by atoms with Crippen molar-refractivity contribution in [3.63, 3.8) is 0 Å². The fourth-order valence-electron chi connectivity index (χ4n) is 2.74. The summed E-state index contributed by atoms with van der Waals surface area (Å²) in [6.07, 6.45) is 2.01. The molecule has 0 atom stereocenters. The minimum atomic E-state index is -0.939. The van der Waals surface area contributed by atoms with Gasteiger partial charge in [-0.1, -0.05) is 6.07 Å². The predicted octanol–water partition coefficient (Wildman–Crippen LogP) is 3.22. The quantitative estimate of drug-likeness (QED) is 0.891. The van der Waals surface area contributed by atoms with Crippen molar-refractivity contribution in [2.75, 3.05) is 25.0 Å². The van der Waals surface area contributed by atoms with E-state index in [0.29, 0.717) is 17.5 Å². The Morgan fingerprint density at radius 1 is 1.08 bits per heavy atom. The lowest BCUT2D eigenvalue weighted by Gasteiger charge is -2.15. The number of anilines is 1. The van der Waals surface area contributed by atoms with Crippen LogP contribution >= 0.6 is 0 Å². The zero-order valence-electron chi connectivity index (χ0n) is 14.0. The minimum absolute atomic E-state index is 0.0784. The number of nitrogens with zero attached hydrogens (tertiary/aromatic N) is 1. The molecule has 0 aromatic heterocycles. The fraction of sp³-hybridized carbons (Fsp3) is 0.263. The molecule has 136 valence electrons. The molecule has 7 heteroatoms. The van der Waals surface area contributed by atoms with Crippen molar-refractivity contribution in [2.24, 2.45) is 0 Å². The molecule has 0 spiro atoms. The van der Waals surface area contributed by atoms with Crippen molar-refractivity contribution in [1.29, 1.82) is 0 Å². The Morgan fingerprint density at radius 2 is 1.85 bits per heavy atom. The van der Waals surface area contributed by atoms with E-state index in [-0.39, 0.29) is 18.1 Å². The van der Waals surface area contributed by atoms with Crippen LogP contribution in [0.2, 0.25) is 0 Å². The highest BCUT2D eigenvalue weighted by atomic mass is 19.1. The molecule has 2 aromatic carbocycles. The Balaban J connectivity index is 1.61. The SMILES string of the molecule is O=C(Nc1cccc(OCC(=O)N2CCCC2)c1)c1ccc(F)cc1F. The lowest BCUT2D eigenvalue weighted by Crippen LogP contribution is -2.32. The summed E-state index contributed by atoms with van der Waals surface area (Å²) in [5.74, 6) is -2.06. The van der Waals surface area contributed by atoms with Gasteiger partial charge in [-0.25, -0.2) is 8.78 Å². The number of ether oxygens (including phenoxy) is 1. The highest BCUT2D eigenvalue weighted by molar-refractivity contribution is 6.04. The number of benzene rings is 2. The van der Waals surface area contributed by atoms with Crippen LogP contribution < -0.4 is 10.1 Å². The van der Waals surface area contributed by atoms with Crippen molar-refractivity contribution >= 4 is 17.5 Å². The third-order valence-electron chi connectivity index (χ3n) is 4.09. The van der Waals surface area contributed by atoms with Gasteiger partial charge in [0, 0.05) is 30.9 Å². The summed E-state index contributed by atoms with van der Waals surface area (Å²) in [6, 6.07) is 9.19. The van der Waals surface area contributed by atoms with Gasteiger partial charge < -0.3 is 15.0 Å². The number of nitrogens with one attached hydrogen (secondary N) is 1. The smallest absolute Gasteiger partial charge is 0.260 e. The summed E-state index contributed by atoms with van der Waals surface area (Å²) in [6.45, 7) is 1.42. The van der Waals surface area contributed by atoms with E-state index in [2.05, 4.69) is 5.32 Å². The zero-order valence-corrected chi connectivity index (χ0v) is 14.0. The van der Waals surface area contributed by atoms with Crippen LogP contribution in [-0.4, -0.2) is 36.4 Å². The van der Waals surface area contributed by atoms with Gasteiger partial charge in [0.05, 0.1) is 5.56 Å². The zero-order chi connectivity index (χ0) is 18.5. The maximum atomic E-state index is 13.7. The maximum Gasteiger partial charge on any atom is 0.260 e. The predicted molar refractivity (Wildman–Crippen MR) is 92.1 cm³/mol. The standard InChI is InChI=1S/C19H18F2N2O3/c20-13-6-7-16(17(21)10-13)19(25)22-14-4-3-5-15(11-14)26-12-18(24)23-8-1-2-9-23/h3-7,10-11H,1-2,8-9,12H2,(H,22,25). The first-order chi connectivity index (χ1) is 12.5. The summed E-state index contributed by atoms with van der Waals surface area (Å²) in [7, 11) is 0. The number of carbonyl (C=O) groups is 2. The number of amides is 2. The Labute approximate surface area is 149 Å². The molecule has 26 heavy (non-hydrogen) atoms. The first-order valence-corrected chi connectivity index (χ1v) is 8.30. The average Bonchev–Trinajstić information content (AvgIpc) is 3.14. The topological polar surface area (TPSA) is 58.6 Å². The van der Waals surface area contributed by atoms with E-state index in [4.69, 9.17) is 4.74 Å². The van der Waals surface area contributed by atoms with Crippen molar-refractivity contribution in [3.8, 4) is 5.75 Å². The molecule has 2 amide bonds. The molecule has 1 aliphatic rings. The second kappa shape index (κ2) is 7.95. The maximum absolute atomic E-state index is 13.7.